The summed E-state index contributed by atoms with van der Waals surface area (Å²) in [6.07, 6.45) is 2.42. The fraction of sp³-hybridized carbons (Fsp3) is 0.625. The Morgan fingerprint density at radius 2 is 2.05 bits per heavy atom. The number of ether oxygens (including phenoxy) is 1. The van der Waals surface area contributed by atoms with Crippen molar-refractivity contribution in [1.82, 2.24) is 9.80 Å². The predicted octanol–water partition coefficient (Wildman–Crippen LogP) is 2.48. The lowest BCUT2D eigenvalue weighted by Crippen LogP contribution is -2.45. The standard InChI is InChI=1S/C16H26BrN3O/c1-19(2)13-6-8-20(9-7-13)15(11-18)12-4-5-16(21-3)14(17)10-12/h4-5,10,13,15H,6-9,11,18H2,1-3H3. The van der Waals surface area contributed by atoms with Gasteiger partial charge in [0.25, 0.3) is 0 Å². The average molecular weight is 356 g/mol. The van der Waals surface area contributed by atoms with E-state index in [9.17, 15) is 0 Å². The molecule has 0 saturated carbocycles. The molecule has 1 aliphatic rings. The molecule has 1 aliphatic heterocycles. The first-order valence-electron chi connectivity index (χ1n) is 7.50. The van der Waals surface area contributed by atoms with E-state index in [1.807, 2.05) is 6.07 Å². The van der Waals surface area contributed by atoms with Crippen LogP contribution in [0.2, 0.25) is 0 Å². The van der Waals surface area contributed by atoms with Crippen LogP contribution in [0.1, 0.15) is 24.4 Å². The Kier molecular flexibility index (Phi) is 6.05. The van der Waals surface area contributed by atoms with Gasteiger partial charge in [-0.15, -0.1) is 0 Å². The van der Waals surface area contributed by atoms with Gasteiger partial charge in [0.15, 0.2) is 0 Å². The van der Waals surface area contributed by atoms with E-state index in [1.165, 1.54) is 18.4 Å². The molecule has 0 radical (unpaired) electrons. The Morgan fingerprint density at radius 1 is 1.38 bits per heavy atom. The topological polar surface area (TPSA) is 41.7 Å². The van der Waals surface area contributed by atoms with E-state index >= 15 is 0 Å². The molecule has 0 bridgehead atoms. The van der Waals surface area contributed by atoms with Crippen molar-refractivity contribution in [2.24, 2.45) is 5.73 Å². The quantitative estimate of drug-likeness (QED) is 0.880. The molecule has 1 atom stereocenters. The number of likely N-dealkylation sites (tertiary alicyclic amines) is 1. The monoisotopic (exact) mass is 355 g/mol. The van der Waals surface area contributed by atoms with E-state index in [0.29, 0.717) is 12.6 Å². The fourth-order valence-corrected chi connectivity index (χ4v) is 3.66. The minimum atomic E-state index is 0.287. The van der Waals surface area contributed by atoms with Crippen molar-refractivity contribution in [3.63, 3.8) is 0 Å². The molecule has 0 spiro atoms. The Morgan fingerprint density at radius 3 is 2.52 bits per heavy atom. The fourth-order valence-electron chi connectivity index (χ4n) is 3.10. The number of halogens is 1. The van der Waals surface area contributed by atoms with Crippen LogP contribution in [0.3, 0.4) is 0 Å². The summed E-state index contributed by atoms with van der Waals surface area (Å²) in [6, 6.07) is 7.25. The van der Waals surface area contributed by atoms with Gasteiger partial charge in [-0.2, -0.15) is 0 Å². The lowest BCUT2D eigenvalue weighted by Gasteiger charge is -2.39. The number of nitrogens with zero attached hydrogens (tertiary/aromatic N) is 2. The summed E-state index contributed by atoms with van der Waals surface area (Å²) in [4.78, 5) is 4.84. The minimum Gasteiger partial charge on any atom is -0.496 e. The highest BCUT2D eigenvalue weighted by Gasteiger charge is 2.26. The highest BCUT2D eigenvalue weighted by molar-refractivity contribution is 9.10. The van der Waals surface area contributed by atoms with Crippen LogP contribution in [0.15, 0.2) is 22.7 Å². The summed E-state index contributed by atoms with van der Waals surface area (Å²) in [6.45, 7) is 2.86. The highest BCUT2D eigenvalue weighted by atomic mass is 79.9. The molecule has 4 nitrogen and oxygen atoms in total. The maximum Gasteiger partial charge on any atom is 0.133 e. The second-order valence-corrected chi connectivity index (χ2v) is 6.73. The molecule has 1 aromatic carbocycles. The zero-order valence-corrected chi connectivity index (χ0v) is 14.8. The first-order chi connectivity index (χ1) is 10.1. The van der Waals surface area contributed by atoms with Gasteiger partial charge in [0.05, 0.1) is 11.6 Å². The molecule has 5 heteroatoms. The van der Waals surface area contributed by atoms with E-state index < -0.39 is 0 Å². The molecular formula is C16H26BrN3O. The van der Waals surface area contributed by atoms with Crippen LogP contribution in [-0.2, 0) is 0 Å². The van der Waals surface area contributed by atoms with Crippen molar-refractivity contribution < 1.29 is 4.74 Å². The van der Waals surface area contributed by atoms with Gasteiger partial charge in [-0.05, 0) is 60.6 Å². The zero-order chi connectivity index (χ0) is 15.4. The predicted molar refractivity (Wildman–Crippen MR) is 90.8 cm³/mol. The largest absolute Gasteiger partial charge is 0.496 e. The third-order valence-electron chi connectivity index (χ3n) is 4.45. The molecular weight excluding hydrogens is 330 g/mol. The summed E-state index contributed by atoms with van der Waals surface area (Å²) in [5.74, 6) is 0.862. The van der Waals surface area contributed by atoms with Crippen LogP contribution in [0.4, 0.5) is 0 Å². The molecule has 2 rings (SSSR count). The van der Waals surface area contributed by atoms with Crippen molar-refractivity contribution in [3.8, 4) is 5.75 Å². The van der Waals surface area contributed by atoms with Crippen LogP contribution in [0.25, 0.3) is 0 Å². The molecule has 0 aromatic heterocycles. The van der Waals surface area contributed by atoms with Crippen LogP contribution >= 0.6 is 15.9 Å². The van der Waals surface area contributed by atoms with Crippen molar-refractivity contribution in [1.29, 1.82) is 0 Å². The number of nitrogens with two attached hydrogens (primary N) is 1. The van der Waals surface area contributed by atoms with Gasteiger partial charge in [-0.25, -0.2) is 0 Å². The molecule has 0 aliphatic carbocycles. The zero-order valence-electron chi connectivity index (χ0n) is 13.2. The van der Waals surface area contributed by atoms with Gasteiger partial charge in [0.2, 0.25) is 0 Å². The van der Waals surface area contributed by atoms with E-state index in [4.69, 9.17) is 10.5 Å². The molecule has 2 N–H and O–H groups in total. The summed E-state index contributed by atoms with van der Waals surface area (Å²) in [7, 11) is 6.02. The van der Waals surface area contributed by atoms with Gasteiger partial charge in [0, 0.05) is 31.7 Å². The van der Waals surface area contributed by atoms with Crippen molar-refractivity contribution in [2.75, 3.05) is 40.8 Å². The van der Waals surface area contributed by atoms with Gasteiger partial charge in [0.1, 0.15) is 5.75 Å². The second-order valence-electron chi connectivity index (χ2n) is 5.88. The normalized spacial score (nSPS) is 19.0. The Labute approximate surface area is 136 Å². The van der Waals surface area contributed by atoms with Crippen molar-refractivity contribution in [3.05, 3.63) is 28.2 Å². The van der Waals surface area contributed by atoms with E-state index in [0.717, 1.165) is 23.3 Å². The number of benzene rings is 1. The van der Waals surface area contributed by atoms with Crippen LogP contribution in [-0.4, -0.2) is 56.7 Å². The Hall–Kier alpha value is -0.620. The number of rotatable bonds is 5. The summed E-state index contributed by atoms with van der Waals surface area (Å²) in [5.41, 5.74) is 7.31. The lowest BCUT2D eigenvalue weighted by atomic mass is 9.98. The highest BCUT2D eigenvalue weighted by Crippen LogP contribution is 2.31. The van der Waals surface area contributed by atoms with Crippen molar-refractivity contribution >= 4 is 15.9 Å². The summed E-state index contributed by atoms with van der Waals surface area (Å²) < 4.78 is 6.29. The Bertz CT molecular complexity index is 459. The third kappa shape index (κ3) is 3.97. The number of hydrogen-bond acceptors (Lipinski definition) is 4. The van der Waals surface area contributed by atoms with Gasteiger partial charge in [-0.3, -0.25) is 4.90 Å². The molecule has 1 unspecified atom stereocenters. The molecule has 1 saturated heterocycles. The van der Waals surface area contributed by atoms with Crippen molar-refractivity contribution in [2.45, 2.75) is 24.9 Å². The maximum atomic E-state index is 6.05. The first-order valence-corrected chi connectivity index (χ1v) is 8.30. The first kappa shape index (κ1) is 16.7. The summed E-state index contributed by atoms with van der Waals surface area (Å²) >= 11 is 3.57. The molecule has 1 heterocycles. The molecule has 1 aromatic rings. The van der Waals surface area contributed by atoms with E-state index in [1.54, 1.807) is 7.11 Å². The van der Waals surface area contributed by atoms with Gasteiger partial charge in [-0.1, -0.05) is 6.07 Å². The number of piperidine rings is 1. The SMILES string of the molecule is COc1ccc(C(CN)N2CCC(N(C)C)CC2)cc1Br. The summed E-state index contributed by atoms with van der Waals surface area (Å²) in [5, 5.41) is 0. The minimum absolute atomic E-state index is 0.287. The van der Waals surface area contributed by atoms with E-state index in [-0.39, 0.29) is 6.04 Å². The Balaban J connectivity index is 2.08. The average Bonchev–Trinajstić information content (AvgIpc) is 2.49. The second kappa shape index (κ2) is 7.58. The van der Waals surface area contributed by atoms with Crippen LogP contribution in [0, 0.1) is 0 Å². The van der Waals surface area contributed by atoms with Gasteiger partial charge >= 0.3 is 0 Å². The maximum absolute atomic E-state index is 6.05. The number of methoxy groups -OCH3 is 1. The molecule has 0 amide bonds. The molecule has 21 heavy (non-hydrogen) atoms. The third-order valence-corrected chi connectivity index (χ3v) is 5.07. The lowest BCUT2D eigenvalue weighted by molar-refractivity contribution is 0.111. The van der Waals surface area contributed by atoms with Crippen LogP contribution in [0.5, 0.6) is 5.75 Å². The van der Waals surface area contributed by atoms with E-state index in [2.05, 4.69) is 52.0 Å². The number of hydrogen-bond donors (Lipinski definition) is 1. The molecule has 118 valence electrons. The smallest absolute Gasteiger partial charge is 0.133 e. The van der Waals surface area contributed by atoms with Crippen LogP contribution < -0.4 is 10.5 Å². The van der Waals surface area contributed by atoms with Gasteiger partial charge < -0.3 is 15.4 Å². The molecule has 1 fully saturated rings.